The van der Waals surface area contributed by atoms with Crippen molar-refractivity contribution in [2.24, 2.45) is 0 Å². The largest absolute Gasteiger partial charge is 0.418 e. The monoisotopic (exact) mass is 347 g/mol. The first-order chi connectivity index (χ1) is 9.41. The fourth-order valence-electron chi connectivity index (χ4n) is 2.25. The fourth-order valence-corrected chi connectivity index (χ4v) is 2.60. The van der Waals surface area contributed by atoms with Crippen LogP contribution in [0, 0.1) is 11.3 Å². The van der Waals surface area contributed by atoms with Crippen molar-refractivity contribution in [3.05, 3.63) is 28.2 Å². The molecule has 20 heavy (non-hydrogen) atoms. The highest BCUT2D eigenvalue weighted by atomic mass is 79.9. The van der Waals surface area contributed by atoms with Gasteiger partial charge < -0.3 is 4.90 Å². The van der Waals surface area contributed by atoms with Gasteiger partial charge in [0.25, 0.3) is 0 Å². The van der Waals surface area contributed by atoms with E-state index in [2.05, 4.69) is 22.0 Å². The molecule has 1 aromatic rings. The van der Waals surface area contributed by atoms with Gasteiger partial charge in [0.2, 0.25) is 0 Å². The van der Waals surface area contributed by atoms with Crippen LogP contribution in [-0.4, -0.2) is 37.6 Å². The second-order valence-electron chi connectivity index (χ2n) is 4.58. The Morgan fingerprint density at radius 1 is 1.20 bits per heavy atom. The lowest BCUT2D eigenvalue weighted by Gasteiger charge is -2.36. The van der Waals surface area contributed by atoms with Crippen molar-refractivity contribution in [3.8, 4) is 6.07 Å². The van der Waals surface area contributed by atoms with E-state index >= 15 is 0 Å². The SMILES string of the molecule is N#CCN1CCN(c2cc(Br)ccc2C(F)(F)F)CC1. The highest BCUT2D eigenvalue weighted by Gasteiger charge is 2.35. The lowest BCUT2D eigenvalue weighted by Crippen LogP contribution is -2.47. The molecule has 1 aliphatic rings. The summed E-state index contributed by atoms with van der Waals surface area (Å²) in [5.41, 5.74) is -0.419. The summed E-state index contributed by atoms with van der Waals surface area (Å²) in [6.07, 6.45) is -4.36. The predicted octanol–water partition coefficient (Wildman–Crippen LogP) is 3.11. The molecule has 108 valence electrons. The highest BCUT2D eigenvalue weighted by molar-refractivity contribution is 9.10. The zero-order valence-electron chi connectivity index (χ0n) is 10.6. The Hall–Kier alpha value is -1.26. The van der Waals surface area contributed by atoms with Crippen molar-refractivity contribution >= 4 is 21.6 Å². The Labute approximate surface area is 123 Å². The first-order valence-electron chi connectivity index (χ1n) is 6.13. The summed E-state index contributed by atoms with van der Waals surface area (Å²) < 4.78 is 39.7. The Morgan fingerprint density at radius 2 is 1.85 bits per heavy atom. The summed E-state index contributed by atoms with van der Waals surface area (Å²) in [6.45, 7) is 2.48. The molecule has 0 aliphatic carbocycles. The first kappa shape index (κ1) is 15.1. The van der Waals surface area contributed by atoms with Crippen LogP contribution in [0.25, 0.3) is 0 Å². The summed E-state index contributed by atoms with van der Waals surface area (Å²) in [6, 6.07) is 6.06. The molecular formula is C13H13BrF3N3. The zero-order valence-corrected chi connectivity index (χ0v) is 12.2. The predicted molar refractivity (Wildman–Crippen MR) is 73.4 cm³/mol. The van der Waals surface area contributed by atoms with E-state index in [1.807, 2.05) is 4.90 Å². The molecule has 0 radical (unpaired) electrons. The molecule has 1 fully saturated rings. The van der Waals surface area contributed by atoms with Crippen LogP contribution in [0.5, 0.6) is 0 Å². The number of rotatable bonds is 2. The van der Waals surface area contributed by atoms with Gasteiger partial charge in [-0.05, 0) is 18.2 Å². The van der Waals surface area contributed by atoms with Crippen molar-refractivity contribution in [3.63, 3.8) is 0 Å². The van der Waals surface area contributed by atoms with Gasteiger partial charge in [-0.15, -0.1) is 0 Å². The number of hydrogen-bond donors (Lipinski definition) is 0. The summed E-state index contributed by atoms with van der Waals surface area (Å²) in [5, 5.41) is 8.63. The van der Waals surface area contributed by atoms with Crippen molar-refractivity contribution in [1.82, 2.24) is 4.90 Å². The minimum absolute atomic E-state index is 0.198. The molecule has 7 heteroatoms. The van der Waals surface area contributed by atoms with E-state index in [9.17, 15) is 13.2 Å². The molecule has 2 rings (SSSR count). The number of piperazine rings is 1. The van der Waals surface area contributed by atoms with Gasteiger partial charge in [-0.3, -0.25) is 4.90 Å². The third kappa shape index (κ3) is 3.44. The maximum absolute atomic E-state index is 13.0. The lowest BCUT2D eigenvalue weighted by atomic mass is 10.1. The number of halogens is 4. The molecule has 0 atom stereocenters. The van der Waals surface area contributed by atoms with Gasteiger partial charge in [-0.25, -0.2) is 0 Å². The first-order valence-corrected chi connectivity index (χ1v) is 6.92. The summed E-state index contributed by atoms with van der Waals surface area (Å²) in [4.78, 5) is 3.66. The molecule has 0 amide bonds. The van der Waals surface area contributed by atoms with Crippen LogP contribution in [0.1, 0.15) is 5.56 Å². The Balaban J connectivity index is 2.21. The average Bonchev–Trinajstić information content (AvgIpc) is 2.38. The Morgan fingerprint density at radius 3 is 2.40 bits per heavy atom. The topological polar surface area (TPSA) is 30.3 Å². The number of alkyl halides is 3. The second-order valence-corrected chi connectivity index (χ2v) is 5.50. The van der Waals surface area contributed by atoms with E-state index in [0.717, 1.165) is 6.07 Å². The van der Waals surface area contributed by atoms with Gasteiger partial charge in [-0.1, -0.05) is 15.9 Å². The van der Waals surface area contributed by atoms with Gasteiger partial charge in [0.15, 0.2) is 0 Å². The molecule has 0 unspecified atom stereocenters. The number of nitrogens with zero attached hydrogens (tertiary/aromatic N) is 3. The Kier molecular flexibility index (Phi) is 4.55. The molecule has 0 spiro atoms. The molecule has 3 nitrogen and oxygen atoms in total. The molecule has 1 aromatic carbocycles. The number of nitriles is 1. The van der Waals surface area contributed by atoms with E-state index in [4.69, 9.17) is 5.26 Å². The van der Waals surface area contributed by atoms with E-state index < -0.39 is 11.7 Å². The van der Waals surface area contributed by atoms with Crippen LogP contribution in [0.15, 0.2) is 22.7 Å². The van der Waals surface area contributed by atoms with Crippen molar-refractivity contribution < 1.29 is 13.2 Å². The van der Waals surface area contributed by atoms with Gasteiger partial charge in [-0.2, -0.15) is 18.4 Å². The van der Waals surface area contributed by atoms with Gasteiger partial charge >= 0.3 is 6.18 Å². The normalized spacial score (nSPS) is 17.1. The van der Waals surface area contributed by atoms with Crippen molar-refractivity contribution in [2.45, 2.75) is 6.18 Å². The van der Waals surface area contributed by atoms with Gasteiger partial charge in [0.05, 0.1) is 23.9 Å². The van der Waals surface area contributed by atoms with Crippen LogP contribution >= 0.6 is 15.9 Å². The molecule has 1 saturated heterocycles. The zero-order chi connectivity index (χ0) is 14.8. The highest BCUT2D eigenvalue weighted by Crippen LogP contribution is 2.38. The Bertz CT molecular complexity index is 517. The number of anilines is 1. The van der Waals surface area contributed by atoms with Crippen LogP contribution in [-0.2, 0) is 6.18 Å². The van der Waals surface area contributed by atoms with Crippen molar-refractivity contribution in [1.29, 1.82) is 5.26 Å². The number of hydrogen-bond acceptors (Lipinski definition) is 3. The smallest absolute Gasteiger partial charge is 0.368 e. The van der Waals surface area contributed by atoms with Crippen LogP contribution in [0.2, 0.25) is 0 Å². The van der Waals surface area contributed by atoms with E-state index in [1.54, 1.807) is 4.90 Å². The second kappa shape index (κ2) is 6.02. The van der Waals surface area contributed by atoms with Crippen molar-refractivity contribution in [2.75, 3.05) is 37.6 Å². The maximum Gasteiger partial charge on any atom is 0.418 e. The summed E-state index contributed by atoms with van der Waals surface area (Å²) in [7, 11) is 0. The average molecular weight is 348 g/mol. The van der Waals surface area contributed by atoms with E-state index in [-0.39, 0.29) is 5.69 Å². The quantitative estimate of drug-likeness (QED) is 0.770. The minimum Gasteiger partial charge on any atom is -0.368 e. The number of benzene rings is 1. The summed E-state index contributed by atoms with van der Waals surface area (Å²) >= 11 is 3.22. The molecule has 0 N–H and O–H groups in total. The fraction of sp³-hybridized carbons (Fsp3) is 0.462. The van der Waals surface area contributed by atoms with Gasteiger partial charge in [0.1, 0.15) is 0 Å². The van der Waals surface area contributed by atoms with E-state index in [0.29, 0.717) is 37.2 Å². The third-order valence-corrected chi connectivity index (χ3v) is 3.77. The maximum atomic E-state index is 13.0. The van der Waals surface area contributed by atoms with Crippen LogP contribution in [0.4, 0.5) is 18.9 Å². The summed E-state index contributed by atoms with van der Waals surface area (Å²) in [5.74, 6) is 0. The lowest BCUT2D eigenvalue weighted by molar-refractivity contribution is -0.137. The molecule has 1 aliphatic heterocycles. The van der Waals surface area contributed by atoms with E-state index in [1.165, 1.54) is 12.1 Å². The molecule has 0 bridgehead atoms. The van der Waals surface area contributed by atoms with Crippen LogP contribution < -0.4 is 4.90 Å². The standard InChI is InChI=1S/C13H13BrF3N3/c14-10-1-2-11(13(15,16)17)12(9-10)20-7-5-19(4-3-18)6-8-20/h1-2,9H,4-8H2. The minimum atomic E-state index is -4.36. The molecule has 0 aromatic heterocycles. The van der Waals surface area contributed by atoms with Crippen LogP contribution in [0.3, 0.4) is 0 Å². The van der Waals surface area contributed by atoms with Gasteiger partial charge in [0, 0.05) is 30.7 Å². The molecule has 0 saturated carbocycles. The molecule has 1 heterocycles. The third-order valence-electron chi connectivity index (χ3n) is 3.27. The molecular weight excluding hydrogens is 335 g/mol.